The SMILES string of the molecule is Cc1cc2ccc(NC(=O)OC(C)(C)C)cc2[nH]1. The van der Waals surface area contributed by atoms with Gasteiger partial charge in [-0.1, -0.05) is 6.07 Å². The van der Waals surface area contributed by atoms with Crippen molar-refractivity contribution in [1.29, 1.82) is 0 Å². The summed E-state index contributed by atoms with van der Waals surface area (Å²) in [5.74, 6) is 0. The van der Waals surface area contributed by atoms with E-state index in [0.717, 1.165) is 22.3 Å². The van der Waals surface area contributed by atoms with Gasteiger partial charge in [-0.2, -0.15) is 0 Å². The fraction of sp³-hybridized carbons (Fsp3) is 0.357. The zero-order chi connectivity index (χ0) is 13.3. The van der Waals surface area contributed by atoms with Crippen LogP contribution in [0.25, 0.3) is 10.9 Å². The summed E-state index contributed by atoms with van der Waals surface area (Å²) in [5, 5.41) is 3.85. The number of carbonyl (C=O) groups is 1. The number of aromatic nitrogens is 1. The van der Waals surface area contributed by atoms with Gasteiger partial charge in [-0.3, -0.25) is 5.32 Å². The fourth-order valence-corrected chi connectivity index (χ4v) is 1.77. The van der Waals surface area contributed by atoms with E-state index in [9.17, 15) is 4.79 Å². The summed E-state index contributed by atoms with van der Waals surface area (Å²) in [5.41, 5.74) is 2.33. The largest absolute Gasteiger partial charge is 0.444 e. The van der Waals surface area contributed by atoms with Crippen LogP contribution in [0.1, 0.15) is 26.5 Å². The molecule has 2 N–H and O–H groups in total. The molecule has 4 heteroatoms. The number of aryl methyl sites for hydroxylation is 1. The van der Waals surface area contributed by atoms with E-state index in [1.54, 1.807) is 0 Å². The Labute approximate surface area is 106 Å². The van der Waals surface area contributed by atoms with Gasteiger partial charge in [0.2, 0.25) is 0 Å². The van der Waals surface area contributed by atoms with Crippen LogP contribution in [-0.4, -0.2) is 16.7 Å². The first kappa shape index (κ1) is 12.5. The van der Waals surface area contributed by atoms with Gasteiger partial charge >= 0.3 is 6.09 Å². The van der Waals surface area contributed by atoms with E-state index in [1.165, 1.54) is 0 Å². The maximum absolute atomic E-state index is 11.6. The summed E-state index contributed by atoms with van der Waals surface area (Å²) >= 11 is 0. The van der Waals surface area contributed by atoms with Gasteiger partial charge in [-0.25, -0.2) is 4.79 Å². The molecule has 18 heavy (non-hydrogen) atoms. The van der Waals surface area contributed by atoms with E-state index < -0.39 is 11.7 Å². The molecule has 0 atom stereocenters. The van der Waals surface area contributed by atoms with Crippen molar-refractivity contribution in [2.45, 2.75) is 33.3 Å². The summed E-state index contributed by atoms with van der Waals surface area (Å²) in [6, 6.07) is 7.78. The van der Waals surface area contributed by atoms with Crippen molar-refractivity contribution in [1.82, 2.24) is 4.98 Å². The highest BCUT2D eigenvalue weighted by Gasteiger charge is 2.16. The number of hydrogen-bond acceptors (Lipinski definition) is 2. The number of amides is 1. The maximum Gasteiger partial charge on any atom is 0.412 e. The third kappa shape index (κ3) is 3.03. The van der Waals surface area contributed by atoms with Crippen LogP contribution in [0.15, 0.2) is 24.3 Å². The lowest BCUT2D eigenvalue weighted by Gasteiger charge is -2.19. The maximum atomic E-state index is 11.6. The van der Waals surface area contributed by atoms with Crippen LogP contribution in [0.2, 0.25) is 0 Å². The van der Waals surface area contributed by atoms with Gasteiger partial charge in [-0.05, 0) is 51.3 Å². The second-order valence-corrected chi connectivity index (χ2v) is 5.38. The summed E-state index contributed by atoms with van der Waals surface area (Å²) in [6.07, 6.45) is -0.440. The van der Waals surface area contributed by atoms with Gasteiger partial charge in [0.05, 0.1) is 0 Å². The molecule has 0 bridgehead atoms. The summed E-state index contributed by atoms with van der Waals surface area (Å²) in [4.78, 5) is 14.9. The second-order valence-electron chi connectivity index (χ2n) is 5.38. The fourth-order valence-electron chi connectivity index (χ4n) is 1.77. The normalized spacial score (nSPS) is 11.6. The minimum atomic E-state index is -0.489. The molecule has 1 aromatic heterocycles. The molecule has 2 aromatic rings. The Hall–Kier alpha value is -1.97. The standard InChI is InChI=1S/C14H18N2O2/c1-9-7-10-5-6-11(8-12(10)15-9)16-13(17)18-14(2,3)4/h5-8,15H,1-4H3,(H,16,17). The minimum Gasteiger partial charge on any atom is -0.444 e. The molecule has 1 aromatic carbocycles. The summed E-state index contributed by atoms with van der Waals surface area (Å²) in [7, 11) is 0. The molecule has 0 saturated carbocycles. The van der Waals surface area contributed by atoms with Crippen molar-refractivity contribution in [3.05, 3.63) is 30.0 Å². The Kier molecular flexibility index (Phi) is 3.03. The number of aromatic amines is 1. The predicted octanol–water partition coefficient (Wildman–Crippen LogP) is 3.82. The number of carbonyl (C=O) groups excluding carboxylic acids is 1. The quantitative estimate of drug-likeness (QED) is 0.803. The van der Waals surface area contributed by atoms with Crippen molar-refractivity contribution >= 4 is 22.7 Å². The first-order chi connectivity index (χ1) is 8.33. The molecule has 0 aliphatic carbocycles. The molecule has 0 spiro atoms. The molecule has 0 unspecified atom stereocenters. The van der Waals surface area contributed by atoms with Gasteiger partial charge < -0.3 is 9.72 Å². The molecule has 0 aliphatic heterocycles. The van der Waals surface area contributed by atoms with Gasteiger partial charge in [-0.15, -0.1) is 0 Å². The van der Waals surface area contributed by atoms with Crippen molar-refractivity contribution in [2.75, 3.05) is 5.32 Å². The molecule has 2 rings (SSSR count). The third-order valence-corrected chi connectivity index (χ3v) is 2.40. The lowest BCUT2D eigenvalue weighted by molar-refractivity contribution is 0.0636. The molecule has 0 fully saturated rings. The van der Waals surface area contributed by atoms with E-state index >= 15 is 0 Å². The molecule has 1 heterocycles. The number of anilines is 1. The van der Waals surface area contributed by atoms with E-state index in [1.807, 2.05) is 45.9 Å². The van der Waals surface area contributed by atoms with E-state index in [4.69, 9.17) is 4.74 Å². The molecular formula is C14H18N2O2. The lowest BCUT2D eigenvalue weighted by Crippen LogP contribution is -2.27. The number of rotatable bonds is 1. The zero-order valence-corrected chi connectivity index (χ0v) is 11.1. The van der Waals surface area contributed by atoms with Gasteiger partial charge in [0, 0.05) is 16.9 Å². The average Bonchev–Trinajstić information content (AvgIpc) is 2.53. The minimum absolute atomic E-state index is 0.440. The Bertz CT molecular complexity index is 579. The summed E-state index contributed by atoms with van der Waals surface area (Å²) < 4.78 is 5.20. The first-order valence-electron chi connectivity index (χ1n) is 5.93. The number of fused-ring (bicyclic) bond motifs is 1. The summed E-state index contributed by atoms with van der Waals surface area (Å²) in [6.45, 7) is 7.51. The number of H-pyrrole nitrogens is 1. The molecule has 1 amide bonds. The Morgan fingerprint density at radius 1 is 1.28 bits per heavy atom. The van der Waals surface area contributed by atoms with Crippen molar-refractivity contribution < 1.29 is 9.53 Å². The highest BCUT2D eigenvalue weighted by Crippen LogP contribution is 2.20. The topological polar surface area (TPSA) is 54.1 Å². The van der Waals surface area contributed by atoms with Gasteiger partial charge in [0.15, 0.2) is 0 Å². The lowest BCUT2D eigenvalue weighted by atomic mass is 10.2. The smallest absolute Gasteiger partial charge is 0.412 e. The van der Waals surface area contributed by atoms with Crippen molar-refractivity contribution in [3.63, 3.8) is 0 Å². The van der Waals surface area contributed by atoms with Crippen LogP contribution in [0.4, 0.5) is 10.5 Å². The number of benzene rings is 1. The average molecular weight is 246 g/mol. The predicted molar refractivity (Wildman–Crippen MR) is 72.9 cm³/mol. The van der Waals surface area contributed by atoms with Crippen molar-refractivity contribution in [2.24, 2.45) is 0 Å². The number of hydrogen-bond donors (Lipinski definition) is 2. The van der Waals surface area contributed by atoms with Crippen LogP contribution < -0.4 is 5.32 Å². The first-order valence-corrected chi connectivity index (χ1v) is 5.93. The van der Waals surface area contributed by atoms with E-state index in [-0.39, 0.29) is 0 Å². The third-order valence-electron chi connectivity index (χ3n) is 2.40. The van der Waals surface area contributed by atoms with Crippen LogP contribution in [0.5, 0.6) is 0 Å². The second kappa shape index (κ2) is 4.37. The van der Waals surface area contributed by atoms with Crippen LogP contribution >= 0.6 is 0 Å². The van der Waals surface area contributed by atoms with Gasteiger partial charge in [0.25, 0.3) is 0 Å². The molecule has 0 aliphatic rings. The zero-order valence-electron chi connectivity index (χ0n) is 11.1. The molecule has 0 saturated heterocycles. The van der Waals surface area contributed by atoms with Crippen LogP contribution in [0.3, 0.4) is 0 Å². The van der Waals surface area contributed by atoms with Crippen LogP contribution in [-0.2, 0) is 4.74 Å². The Morgan fingerprint density at radius 2 is 2.00 bits per heavy atom. The molecule has 96 valence electrons. The number of ether oxygens (including phenoxy) is 1. The molecule has 0 radical (unpaired) electrons. The highest BCUT2D eigenvalue weighted by molar-refractivity contribution is 5.90. The monoisotopic (exact) mass is 246 g/mol. The Morgan fingerprint density at radius 3 is 2.67 bits per heavy atom. The van der Waals surface area contributed by atoms with E-state index in [2.05, 4.69) is 16.4 Å². The number of nitrogens with one attached hydrogen (secondary N) is 2. The van der Waals surface area contributed by atoms with Crippen molar-refractivity contribution in [3.8, 4) is 0 Å². The molecule has 4 nitrogen and oxygen atoms in total. The van der Waals surface area contributed by atoms with Crippen LogP contribution in [0, 0.1) is 6.92 Å². The highest BCUT2D eigenvalue weighted by atomic mass is 16.6. The Balaban J connectivity index is 2.14. The molecular weight excluding hydrogens is 228 g/mol. The van der Waals surface area contributed by atoms with Gasteiger partial charge in [0.1, 0.15) is 5.60 Å². The van der Waals surface area contributed by atoms with E-state index in [0.29, 0.717) is 0 Å².